The summed E-state index contributed by atoms with van der Waals surface area (Å²) in [5.74, 6) is -1.49. The maximum atomic E-state index is 13.3. The summed E-state index contributed by atoms with van der Waals surface area (Å²) >= 11 is 5.94. The topological polar surface area (TPSA) is 37.3 Å². The van der Waals surface area contributed by atoms with Crippen LogP contribution in [0, 0.1) is 0 Å². The van der Waals surface area contributed by atoms with Gasteiger partial charge in [-0.1, -0.05) is 35.9 Å². The van der Waals surface area contributed by atoms with E-state index in [1.165, 1.54) is 12.1 Å². The highest BCUT2D eigenvalue weighted by Gasteiger charge is 2.18. The van der Waals surface area contributed by atoms with Crippen molar-refractivity contribution in [2.24, 2.45) is 0 Å². The molecule has 1 N–H and O–H groups in total. The lowest BCUT2D eigenvalue weighted by Crippen LogP contribution is -2.05. The van der Waals surface area contributed by atoms with Gasteiger partial charge in [-0.2, -0.15) is 0 Å². The Balaban J connectivity index is 2.59. The fraction of sp³-hybridized carbons (Fsp3) is 0.0833. The van der Waals surface area contributed by atoms with Crippen molar-refractivity contribution in [3.8, 4) is 0 Å². The average Bonchev–Trinajstić information content (AvgIpc) is 2.28. The lowest BCUT2D eigenvalue weighted by Gasteiger charge is -2.06. The molecule has 2 rings (SSSR count). The van der Waals surface area contributed by atoms with Crippen LogP contribution in [0.2, 0.25) is 5.02 Å². The van der Waals surface area contributed by atoms with E-state index in [0.717, 1.165) is 5.39 Å². The number of carbonyl (C=O) groups is 1. The first-order valence-electron chi connectivity index (χ1n) is 4.64. The predicted octanol–water partition coefficient (Wildman–Crippen LogP) is 3.59. The Bertz CT molecular complexity index is 554. The first-order valence-corrected chi connectivity index (χ1v) is 5.02. The molecule has 0 spiro atoms. The van der Waals surface area contributed by atoms with Crippen LogP contribution in [-0.2, 0) is 4.79 Å². The van der Waals surface area contributed by atoms with Crippen LogP contribution >= 0.6 is 11.6 Å². The van der Waals surface area contributed by atoms with Crippen molar-refractivity contribution < 1.29 is 14.3 Å². The van der Waals surface area contributed by atoms with Crippen molar-refractivity contribution in [1.82, 2.24) is 0 Å². The summed E-state index contributed by atoms with van der Waals surface area (Å²) in [7, 11) is 0. The van der Waals surface area contributed by atoms with E-state index in [1.807, 2.05) is 6.07 Å². The minimum absolute atomic E-state index is 0.105. The van der Waals surface area contributed by atoms with Gasteiger partial charge in [0.1, 0.15) is 0 Å². The molecule has 0 saturated carbocycles. The summed E-state index contributed by atoms with van der Waals surface area (Å²) in [5, 5.41) is 10.6. The molecule has 2 aromatic carbocycles. The fourth-order valence-electron chi connectivity index (χ4n) is 1.55. The van der Waals surface area contributed by atoms with Crippen molar-refractivity contribution in [1.29, 1.82) is 0 Å². The molecule has 0 saturated heterocycles. The van der Waals surface area contributed by atoms with Gasteiger partial charge < -0.3 is 5.11 Å². The summed E-state index contributed by atoms with van der Waals surface area (Å²) in [6, 6.07) is 9.88. The molecular weight excluding hydrogens is 231 g/mol. The molecule has 0 heterocycles. The number of hydrogen-bond donors (Lipinski definition) is 1. The van der Waals surface area contributed by atoms with Gasteiger partial charge in [-0.05, 0) is 23.1 Å². The molecule has 0 aliphatic carbocycles. The van der Waals surface area contributed by atoms with Gasteiger partial charge in [0.25, 0.3) is 0 Å². The maximum absolute atomic E-state index is 13.3. The van der Waals surface area contributed by atoms with Crippen LogP contribution in [0.4, 0.5) is 4.39 Å². The molecule has 0 amide bonds. The van der Waals surface area contributed by atoms with Gasteiger partial charge in [-0.3, -0.25) is 0 Å². The average molecular weight is 239 g/mol. The second-order valence-electron chi connectivity index (χ2n) is 3.42. The Morgan fingerprint density at radius 3 is 2.75 bits per heavy atom. The molecule has 16 heavy (non-hydrogen) atoms. The van der Waals surface area contributed by atoms with Gasteiger partial charge in [-0.25, -0.2) is 9.18 Å². The molecule has 4 heteroatoms. The van der Waals surface area contributed by atoms with Crippen molar-refractivity contribution >= 4 is 28.3 Å². The molecule has 0 aliphatic heterocycles. The van der Waals surface area contributed by atoms with Gasteiger partial charge in [0, 0.05) is 10.4 Å². The molecular formula is C12H8ClFO2. The highest BCUT2D eigenvalue weighted by atomic mass is 35.5. The molecule has 0 fully saturated rings. The molecule has 1 atom stereocenters. The van der Waals surface area contributed by atoms with Crippen molar-refractivity contribution in [3.05, 3.63) is 47.0 Å². The standard InChI is InChI=1S/C12H8ClFO2/c13-10-3-1-2-7-4-5-8(6-9(7)10)11(14)12(15)16/h1-6,11H,(H,15,16). The van der Waals surface area contributed by atoms with E-state index in [-0.39, 0.29) is 5.56 Å². The number of rotatable bonds is 2. The largest absolute Gasteiger partial charge is 0.479 e. The summed E-state index contributed by atoms with van der Waals surface area (Å²) in [6.45, 7) is 0. The zero-order valence-corrected chi connectivity index (χ0v) is 8.91. The normalized spacial score (nSPS) is 12.6. The van der Waals surface area contributed by atoms with Crippen LogP contribution in [0.5, 0.6) is 0 Å². The highest BCUT2D eigenvalue weighted by Crippen LogP contribution is 2.27. The second kappa shape index (κ2) is 4.10. The first-order chi connectivity index (χ1) is 7.59. The Labute approximate surface area is 96.3 Å². The van der Waals surface area contributed by atoms with E-state index in [2.05, 4.69) is 0 Å². The van der Waals surface area contributed by atoms with E-state index in [1.54, 1.807) is 18.2 Å². The second-order valence-corrected chi connectivity index (χ2v) is 3.83. The van der Waals surface area contributed by atoms with Crippen molar-refractivity contribution in [3.63, 3.8) is 0 Å². The van der Waals surface area contributed by atoms with Crippen LogP contribution in [0.25, 0.3) is 10.8 Å². The molecule has 1 unspecified atom stereocenters. The quantitative estimate of drug-likeness (QED) is 0.868. The van der Waals surface area contributed by atoms with Crippen LogP contribution in [0.3, 0.4) is 0 Å². The van der Waals surface area contributed by atoms with E-state index >= 15 is 0 Å². The van der Waals surface area contributed by atoms with Gasteiger partial charge in [0.2, 0.25) is 6.17 Å². The number of carboxylic acids is 1. The lowest BCUT2D eigenvalue weighted by atomic mass is 10.0. The molecule has 2 aromatic rings. The van der Waals surface area contributed by atoms with Crippen LogP contribution in [0.15, 0.2) is 36.4 Å². The number of aliphatic carboxylic acids is 1. The fourth-order valence-corrected chi connectivity index (χ4v) is 1.79. The number of alkyl halides is 1. The summed E-state index contributed by atoms with van der Waals surface area (Å²) in [4.78, 5) is 10.5. The summed E-state index contributed by atoms with van der Waals surface area (Å²) < 4.78 is 13.3. The molecule has 0 bridgehead atoms. The lowest BCUT2D eigenvalue weighted by molar-refractivity contribution is -0.143. The Morgan fingerprint density at radius 1 is 1.31 bits per heavy atom. The van der Waals surface area contributed by atoms with E-state index in [4.69, 9.17) is 16.7 Å². The minimum atomic E-state index is -2.01. The third kappa shape index (κ3) is 1.86. The molecule has 82 valence electrons. The third-order valence-electron chi connectivity index (χ3n) is 2.36. The van der Waals surface area contributed by atoms with E-state index < -0.39 is 12.1 Å². The zero-order chi connectivity index (χ0) is 11.7. The molecule has 2 nitrogen and oxygen atoms in total. The molecule has 0 aromatic heterocycles. The predicted molar refractivity (Wildman–Crippen MR) is 60.4 cm³/mol. The zero-order valence-electron chi connectivity index (χ0n) is 8.15. The Hall–Kier alpha value is -1.61. The number of fused-ring (bicyclic) bond motifs is 1. The number of halogens is 2. The van der Waals surface area contributed by atoms with Crippen LogP contribution in [-0.4, -0.2) is 11.1 Å². The van der Waals surface area contributed by atoms with Crippen LogP contribution in [0.1, 0.15) is 11.7 Å². The summed E-state index contributed by atoms with van der Waals surface area (Å²) in [5.41, 5.74) is 0.105. The van der Waals surface area contributed by atoms with E-state index in [9.17, 15) is 9.18 Å². The molecule has 0 radical (unpaired) electrons. The van der Waals surface area contributed by atoms with Crippen molar-refractivity contribution in [2.45, 2.75) is 6.17 Å². The van der Waals surface area contributed by atoms with Crippen LogP contribution < -0.4 is 0 Å². The van der Waals surface area contributed by atoms with Gasteiger partial charge >= 0.3 is 5.97 Å². The number of carboxylic acid groups (broad SMARTS) is 1. The monoisotopic (exact) mass is 238 g/mol. The number of benzene rings is 2. The van der Waals surface area contributed by atoms with Gasteiger partial charge in [-0.15, -0.1) is 0 Å². The van der Waals surface area contributed by atoms with Gasteiger partial charge in [0.05, 0.1) is 0 Å². The first kappa shape index (κ1) is 10.9. The smallest absolute Gasteiger partial charge is 0.343 e. The minimum Gasteiger partial charge on any atom is -0.479 e. The van der Waals surface area contributed by atoms with E-state index in [0.29, 0.717) is 10.4 Å². The Kier molecular flexibility index (Phi) is 2.79. The summed E-state index contributed by atoms with van der Waals surface area (Å²) in [6.07, 6.45) is -2.01. The SMILES string of the molecule is O=C(O)C(F)c1ccc2cccc(Cl)c2c1. The highest BCUT2D eigenvalue weighted by molar-refractivity contribution is 6.35. The third-order valence-corrected chi connectivity index (χ3v) is 2.69. The van der Waals surface area contributed by atoms with Crippen molar-refractivity contribution in [2.75, 3.05) is 0 Å². The van der Waals surface area contributed by atoms with Gasteiger partial charge in [0.15, 0.2) is 0 Å². The molecule has 0 aliphatic rings. The maximum Gasteiger partial charge on any atom is 0.343 e. The number of hydrogen-bond acceptors (Lipinski definition) is 1. The Morgan fingerprint density at radius 2 is 2.06 bits per heavy atom.